The highest BCUT2D eigenvalue weighted by atomic mass is 32.1. The van der Waals surface area contributed by atoms with Crippen LogP contribution in [-0.4, -0.2) is 71.5 Å². The van der Waals surface area contributed by atoms with Crippen LogP contribution in [0, 0.1) is 5.92 Å². The van der Waals surface area contributed by atoms with E-state index < -0.39 is 0 Å². The first kappa shape index (κ1) is 25.6. The molecule has 6 nitrogen and oxygen atoms in total. The number of hydrogen-bond acceptors (Lipinski definition) is 6. The summed E-state index contributed by atoms with van der Waals surface area (Å²) in [5.74, 6) is 1.38. The number of benzene rings is 1. The molecule has 1 atom stereocenters. The lowest BCUT2D eigenvalue weighted by Crippen LogP contribution is -2.45. The maximum absolute atomic E-state index is 12.6. The molecule has 0 saturated carbocycles. The van der Waals surface area contributed by atoms with Gasteiger partial charge in [0.2, 0.25) is 5.91 Å². The number of thiophene rings is 1. The van der Waals surface area contributed by atoms with Crippen LogP contribution in [0.2, 0.25) is 0 Å². The Morgan fingerprint density at radius 2 is 1.76 bits per heavy atom. The minimum Gasteiger partial charge on any atom is -0.493 e. The van der Waals surface area contributed by atoms with E-state index in [-0.39, 0.29) is 5.91 Å². The van der Waals surface area contributed by atoms with E-state index >= 15 is 0 Å². The monoisotopic (exact) mass is 516 g/mol. The number of amides is 1. The molecule has 194 valence electrons. The first-order valence-electron chi connectivity index (χ1n) is 13.3. The lowest BCUT2D eigenvalue weighted by molar-refractivity contribution is -0.127. The highest BCUT2D eigenvalue weighted by Crippen LogP contribution is 2.21. The van der Waals surface area contributed by atoms with E-state index in [4.69, 9.17) is 4.74 Å². The van der Waals surface area contributed by atoms with Crippen molar-refractivity contribution < 1.29 is 9.53 Å². The molecular formula is C30H36N4O2S. The number of carbonyl (C=O) groups excluding carboxylic acids is 1. The van der Waals surface area contributed by atoms with Gasteiger partial charge in [0.25, 0.3) is 0 Å². The Morgan fingerprint density at radius 1 is 0.973 bits per heavy atom. The second-order valence-electron chi connectivity index (χ2n) is 10.0. The Morgan fingerprint density at radius 3 is 2.46 bits per heavy atom. The molecule has 7 heteroatoms. The van der Waals surface area contributed by atoms with Crippen molar-refractivity contribution in [3.63, 3.8) is 0 Å². The van der Waals surface area contributed by atoms with Crippen molar-refractivity contribution in [3.8, 4) is 5.75 Å². The Labute approximate surface area is 224 Å². The normalized spacial score (nSPS) is 19.4. The Balaban J connectivity index is 1.03. The summed E-state index contributed by atoms with van der Waals surface area (Å²) in [7, 11) is 0. The smallest absolute Gasteiger partial charge is 0.246 e. The number of piperazine rings is 1. The number of carbonyl (C=O) groups is 1. The fraction of sp³-hybridized carbons (Fsp3) is 0.400. The average molecular weight is 517 g/mol. The van der Waals surface area contributed by atoms with E-state index in [2.05, 4.69) is 45.1 Å². The Kier molecular flexibility index (Phi) is 9.00. The zero-order valence-electron chi connectivity index (χ0n) is 21.4. The van der Waals surface area contributed by atoms with Crippen LogP contribution in [0.5, 0.6) is 5.75 Å². The summed E-state index contributed by atoms with van der Waals surface area (Å²) in [6, 6.07) is 16.7. The number of piperidine rings is 1. The molecule has 3 aromatic rings. The summed E-state index contributed by atoms with van der Waals surface area (Å²) in [5, 5.41) is 2.03. The van der Waals surface area contributed by atoms with Gasteiger partial charge in [0.15, 0.2) is 0 Å². The maximum atomic E-state index is 12.6. The molecule has 1 unspecified atom stereocenters. The number of likely N-dealkylation sites (tertiary alicyclic amines) is 1. The summed E-state index contributed by atoms with van der Waals surface area (Å²) < 4.78 is 6.13. The van der Waals surface area contributed by atoms with Crippen molar-refractivity contribution >= 4 is 23.3 Å². The molecule has 1 aromatic carbocycles. The van der Waals surface area contributed by atoms with Crippen LogP contribution in [0.25, 0.3) is 6.08 Å². The van der Waals surface area contributed by atoms with Gasteiger partial charge in [-0.2, -0.15) is 0 Å². The van der Waals surface area contributed by atoms with Gasteiger partial charge < -0.3 is 9.64 Å². The maximum Gasteiger partial charge on any atom is 0.246 e. The van der Waals surface area contributed by atoms with E-state index in [0.29, 0.717) is 12.5 Å². The molecule has 5 rings (SSSR count). The van der Waals surface area contributed by atoms with Crippen molar-refractivity contribution in [3.05, 3.63) is 88.4 Å². The molecule has 37 heavy (non-hydrogen) atoms. The molecule has 2 saturated heterocycles. The van der Waals surface area contributed by atoms with E-state index in [9.17, 15) is 4.79 Å². The molecule has 1 amide bonds. The Hall–Kier alpha value is -3.00. The second-order valence-corrected chi connectivity index (χ2v) is 11.0. The van der Waals surface area contributed by atoms with Crippen LogP contribution >= 0.6 is 11.3 Å². The summed E-state index contributed by atoms with van der Waals surface area (Å²) in [6.07, 6.45) is 9.54. The second kappa shape index (κ2) is 13.0. The molecule has 0 bridgehead atoms. The van der Waals surface area contributed by atoms with Gasteiger partial charge in [0, 0.05) is 81.6 Å². The molecule has 0 N–H and O–H groups in total. The summed E-state index contributed by atoms with van der Waals surface area (Å²) in [6.45, 7) is 8.52. The highest BCUT2D eigenvalue weighted by molar-refractivity contribution is 7.10. The highest BCUT2D eigenvalue weighted by Gasteiger charge is 2.23. The lowest BCUT2D eigenvalue weighted by atomic mass is 9.99. The van der Waals surface area contributed by atoms with Crippen LogP contribution in [-0.2, 0) is 17.9 Å². The minimum atomic E-state index is 0.0976. The summed E-state index contributed by atoms with van der Waals surface area (Å²) in [5.41, 5.74) is 2.60. The number of ether oxygens (including phenoxy) is 1. The van der Waals surface area contributed by atoms with Gasteiger partial charge in [0.1, 0.15) is 5.75 Å². The summed E-state index contributed by atoms with van der Waals surface area (Å²) in [4.78, 5) is 24.9. The number of pyridine rings is 1. The van der Waals surface area contributed by atoms with E-state index in [1.807, 2.05) is 46.9 Å². The third kappa shape index (κ3) is 7.74. The zero-order chi connectivity index (χ0) is 25.3. The van der Waals surface area contributed by atoms with E-state index in [0.717, 1.165) is 75.8 Å². The van der Waals surface area contributed by atoms with Crippen molar-refractivity contribution in [1.82, 2.24) is 19.7 Å². The third-order valence-electron chi connectivity index (χ3n) is 7.17. The van der Waals surface area contributed by atoms with Gasteiger partial charge in [0.05, 0.1) is 6.61 Å². The molecule has 2 aliphatic heterocycles. The number of nitrogens with zero attached hydrogens (tertiary/aromatic N) is 4. The molecule has 2 aliphatic rings. The third-order valence-corrected chi connectivity index (χ3v) is 8.01. The van der Waals surface area contributed by atoms with Crippen LogP contribution in [0.1, 0.15) is 28.8 Å². The fourth-order valence-electron chi connectivity index (χ4n) is 5.06. The molecule has 0 spiro atoms. The predicted molar refractivity (Wildman–Crippen MR) is 149 cm³/mol. The van der Waals surface area contributed by atoms with Gasteiger partial charge in [-0.15, -0.1) is 11.3 Å². The molecule has 2 aromatic heterocycles. The SMILES string of the molecule is O=C(/C=C/c1cccs1)N1CCCC(COc2ccc(CN3CCN(Cc4cccnc4)CC3)cc2)C1. The number of rotatable bonds is 9. The molecule has 0 aliphatic carbocycles. The van der Waals surface area contributed by atoms with E-state index in [1.54, 1.807) is 17.4 Å². The first-order chi connectivity index (χ1) is 18.2. The summed E-state index contributed by atoms with van der Waals surface area (Å²) >= 11 is 1.64. The van der Waals surface area contributed by atoms with Crippen LogP contribution in [0.15, 0.2) is 72.4 Å². The van der Waals surface area contributed by atoms with Gasteiger partial charge in [-0.25, -0.2) is 0 Å². The van der Waals surface area contributed by atoms with Crippen molar-refractivity contribution in [2.24, 2.45) is 5.92 Å². The zero-order valence-corrected chi connectivity index (χ0v) is 22.2. The van der Waals surface area contributed by atoms with Crippen LogP contribution < -0.4 is 4.74 Å². The lowest BCUT2D eigenvalue weighted by Gasteiger charge is -2.34. The number of aromatic nitrogens is 1. The van der Waals surface area contributed by atoms with Gasteiger partial charge in [-0.3, -0.25) is 19.6 Å². The fourth-order valence-corrected chi connectivity index (χ4v) is 5.68. The first-order valence-corrected chi connectivity index (χ1v) is 14.1. The minimum absolute atomic E-state index is 0.0976. The molecule has 2 fully saturated rings. The standard InChI is InChI=1S/C30H36N4O2S/c35-30(12-11-29-6-3-19-37-29)34-14-2-5-27(23-34)24-36-28-9-7-25(8-10-28)21-32-15-17-33(18-16-32)22-26-4-1-13-31-20-26/h1,3-4,6-13,19-20,27H,2,5,14-18,21-24H2/b12-11+. The van der Waals surface area contributed by atoms with Crippen LogP contribution in [0.4, 0.5) is 0 Å². The van der Waals surface area contributed by atoms with E-state index in [1.165, 1.54) is 11.1 Å². The predicted octanol–water partition coefficient (Wildman–Crippen LogP) is 4.79. The van der Waals surface area contributed by atoms with Gasteiger partial charge >= 0.3 is 0 Å². The molecule has 4 heterocycles. The molecule has 0 radical (unpaired) electrons. The Bertz CT molecular complexity index is 1130. The van der Waals surface area contributed by atoms with Crippen LogP contribution in [0.3, 0.4) is 0 Å². The largest absolute Gasteiger partial charge is 0.493 e. The number of hydrogen-bond donors (Lipinski definition) is 0. The van der Waals surface area contributed by atoms with Gasteiger partial charge in [-0.05, 0) is 59.7 Å². The van der Waals surface area contributed by atoms with Crippen molar-refractivity contribution in [2.75, 3.05) is 45.9 Å². The average Bonchev–Trinajstić information content (AvgIpc) is 3.47. The molecular weight excluding hydrogens is 480 g/mol. The quantitative estimate of drug-likeness (QED) is 0.383. The van der Waals surface area contributed by atoms with Gasteiger partial charge in [-0.1, -0.05) is 24.3 Å². The topological polar surface area (TPSA) is 48.9 Å². The van der Waals surface area contributed by atoms with Crippen molar-refractivity contribution in [2.45, 2.75) is 25.9 Å². The van der Waals surface area contributed by atoms with Crippen molar-refractivity contribution in [1.29, 1.82) is 0 Å².